The number of fused-ring (bicyclic) bond motifs is 2. The first-order chi connectivity index (χ1) is 14.5. The van der Waals surface area contributed by atoms with E-state index < -0.39 is 5.82 Å². The van der Waals surface area contributed by atoms with Gasteiger partial charge in [-0.3, -0.25) is 5.10 Å². The summed E-state index contributed by atoms with van der Waals surface area (Å²) in [6.07, 6.45) is 2.27. The van der Waals surface area contributed by atoms with Gasteiger partial charge in [0.25, 0.3) is 0 Å². The fourth-order valence-corrected chi connectivity index (χ4v) is 3.65. The molecule has 0 saturated carbocycles. The zero-order valence-electron chi connectivity index (χ0n) is 16.6. The Balaban J connectivity index is 1.51. The summed E-state index contributed by atoms with van der Waals surface area (Å²) in [5.41, 5.74) is 2.70. The van der Waals surface area contributed by atoms with E-state index in [0.29, 0.717) is 40.5 Å². The molecule has 4 aromatic rings. The van der Waals surface area contributed by atoms with Crippen LogP contribution in [0.4, 0.5) is 10.2 Å². The first kappa shape index (κ1) is 18.3. The number of nitrogens with zero attached hydrogens (tertiary/aromatic N) is 5. The highest BCUT2D eigenvalue weighted by molar-refractivity contribution is 5.93. The maximum Gasteiger partial charge on any atom is 0.191 e. The fourth-order valence-electron chi connectivity index (χ4n) is 3.65. The van der Waals surface area contributed by atoms with E-state index in [1.165, 1.54) is 12.4 Å². The van der Waals surface area contributed by atoms with Gasteiger partial charge < -0.3 is 14.1 Å². The van der Waals surface area contributed by atoms with Crippen molar-refractivity contribution in [3.8, 4) is 17.1 Å². The Morgan fingerprint density at radius 1 is 1.30 bits per heavy atom. The number of aromatic amines is 1. The van der Waals surface area contributed by atoms with Crippen molar-refractivity contribution >= 4 is 16.7 Å². The monoisotopic (exact) mass is 406 g/mol. The number of hydrogen-bond donors (Lipinski definition) is 1. The van der Waals surface area contributed by atoms with Crippen LogP contribution in [0.1, 0.15) is 24.3 Å². The van der Waals surface area contributed by atoms with Gasteiger partial charge in [-0.15, -0.1) is 0 Å². The molecule has 0 saturated heterocycles. The molecule has 0 spiro atoms. The smallest absolute Gasteiger partial charge is 0.191 e. The van der Waals surface area contributed by atoms with Crippen LogP contribution >= 0.6 is 0 Å². The summed E-state index contributed by atoms with van der Waals surface area (Å²) in [5, 5.41) is 7.90. The molecule has 0 bridgehead atoms. The Morgan fingerprint density at radius 2 is 2.17 bits per heavy atom. The number of H-pyrrole nitrogens is 1. The van der Waals surface area contributed by atoms with Crippen LogP contribution in [-0.2, 0) is 13.0 Å². The van der Waals surface area contributed by atoms with Crippen LogP contribution in [0.15, 0.2) is 41.3 Å². The van der Waals surface area contributed by atoms with Crippen LogP contribution < -0.4 is 9.64 Å². The third-order valence-electron chi connectivity index (χ3n) is 4.95. The van der Waals surface area contributed by atoms with Gasteiger partial charge in [-0.05, 0) is 13.0 Å². The van der Waals surface area contributed by atoms with E-state index in [-0.39, 0.29) is 5.75 Å². The predicted molar refractivity (Wildman–Crippen MR) is 109 cm³/mol. The number of aromatic nitrogens is 5. The Hall–Kier alpha value is -3.75. The molecule has 9 heteroatoms. The number of ether oxygens (including phenoxy) is 1. The van der Waals surface area contributed by atoms with E-state index in [1.807, 2.05) is 13.0 Å². The minimum absolute atomic E-state index is 0.0943. The lowest BCUT2D eigenvalue weighted by atomic mass is 10.1. The SMILES string of the molecule is C=C(C)Oc1cc2c(-c3cc(N4CCc5oc(C)nc5C4)ncn3)n[nH]c2cc1F. The van der Waals surface area contributed by atoms with Crippen molar-refractivity contribution in [1.82, 2.24) is 25.1 Å². The molecule has 0 unspecified atom stereocenters. The third-order valence-corrected chi connectivity index (χ3v) is 4.95. The first-order valence-corrected chi connectivity index (χ1v) is 9.51. The number of anilines is 1. The van der Waals surface area contributed by atoms with Crippen molar-refractivity contribution in [3.63, 3.8) is 0 Å². The quantitative estimate of drug-likeness (QED) is 0.513. The van der Waals surface area contributed by atoms with E-state index in [2.05, 4.69) is 36.6 Å². The van der Waals surface area contributed by atoms with Crippen molar-refractivity contribution in [1.29, 1.82) is 0 Å². The van der Waals surface area contributed by atoms with Crippen molar-refractivity contribution in [2.24, 2.45) is 0 Å². The predicted octanol–water partition coefficient (Wildman–Crippen LogP) is 3.93. The number of oxazole rings is 1. The summed E-state index contributed by atoms with van der Waals surface area (Å²) >= 11 is 0. The first-order valence-electron chi connectivity index (χ1n) is 9.51. The maximum atomic E-state index is 14.3. The van der Waals surface area contributed by atoms with Gasteiger partial charge in [-0.25, -0.2) is 19.3 Å². The van der Waals surface area contributed by atoms with Crippen LogP contribution in [0, 0.1) is 12.7 Å². The van der Waals surface area contributed by atoms with Crippen LogP contribution in [0.5, 0.6) is 5.75 Å². The van der Waals surface area contributed by atoms with Crippen molar-refractivity contribution in [3.05, 3.63) is 60.0 Å². The Bertz CT molecular complexity index is 1280. The number of rotatable bonds is 4. The van der Waals surface area contributed by atoms with Gasteiger partial charge in [-0.1, -0.05) is 6.58 Å². The lowest BCUT2D eigenvalue weighted by Gasteiger charge is -2.26. The fraction of sp³-hybridized carbons (Fsp3) is 0.238. The normalized spacial score (nSPS) is 13.5. The highest BCUT2D eigenvalue weighted by Crippen LogP contribution is 2.32. The summed E-state index contributed by atoms with van der Waals surface area (Å²) in [4.78, 5) is 15.4. The highest BCUT2D eigenvalue weighted by Gasteiger charge is 2.23. The van der Waals surface area contributed by atoms with Gasteiger partial charge in [-0.2, -0.15) is 5.10 Å². The molecule has 30 heavy (non-hydrogen) atoms. The Kier molecular flexibility index (Phi) is 4.23. The van der Waals surface area contributed by atoms with Gasteiger partial charge >= 0.3 is 0 Å². The molecule has 1 aliphatic heterocycles. The average Bonchev–Trinajstić information content (AvgIpc) is 3.29. The summed E-state index contributed by atoms with van der Waals surface area (Å²) in [7, 11) is 0. The van der Waals surface area contributed by atoms with Gasteiger partial charge in [0.05, 0.1) is 23.5 Å². The molecule has 8 nitrogen and oxygen atoms in total. The second kappa shape index (κ2) is 6.94. The van der Waals surface area contributed by atoms with Crippen LogP contribution in [-0.4, -0.2) is 31.7 Å². The Morgan fingerprint density at radius 3 is 3.00 bits per heavy atom. The molecule has 1 aromatic carbocycles. The number of halogens is 1. The topological polar surface area (TPSA) is 93.0 Å². The van der Waals surface area contributed by atoms with Crippen molar-refractivity contribution < 1.29 is 13.5 Å². The van der Waals surface area contributed by atoms with Crippen LogP contribution in [0.3, 0.4) is 0 Å². The number of aryl methyl sites for hydroxylation is 1. The average molecular weight is 406 g/mol. The summed E-state index contributed by atoms with van der Waals surface area (Å²) in [6, 6.07) is 4.83. The molecule has 1 aliphatic rings. The number of nitrogens with one attached hydrogen (secondary N) is 1. The van der Waals surface area contributed by atoms with Crippen LogP contribution in [0.25, 0.3) is 22.3 Å². The lowest BCUT2D eigenvalue weighted by Crippen LogP contribution is -2.30. The lowest BCUT2D eigenvalue weighted by molar-refractivity contribution is 0.401. The molecule has 0 aliphatic carbocycles. The standard InChI is InChI=1S/C21H19FN6O2/c1-11(2)29-19-6-13-15(7-14(19)22)26-27-21(13)16-8-20(24-10-23-16)28-5-4-18-17(9-28)25-12(3)30-18/h6-8,10H,1,4-5,9H2,2-3H3,(H,26,27). The third kappa shape index (κ3) is 3.18. The molecule has 0 fully saturated rings. The number of hydrogen-bond acceptors (Lipinski definition) is 7. The molecule has 0 amide bonds. The molecule has 3 aromatic heterocycles. The minimum Gasteiger partial charge on any atom is -0.460 e. The van der Waals surface area contributed by atoms with Gasteiger partial charge in [0.15, 0.2) is 17.5 Å². The van der Waals surface area contributed by atoms with E-state index in [0.717, 1.165) is 30.2 Å². The van der Waals surface area contributed by atoms with Crippen LogP contribution in [0.2, 0.25) is 0 Å². The maximum absolute atomic E-state index is 14.3. The molecular weight excluding hydrogens is 387 g/mol. The molecular formula is C21H19FN6O2. The zero-order valence-corrected chi connectivity index (χ0v) is 16.6. The van der Waals surface area contributed by atoms with Gasteiger partial charge in [0, 0.05) is 37.4 Å². The van der Waals surface area contributed by atoms with Crippen molar-refractivity contribution in [2.75, 3.05) is 11.4 Å². The largest absolute Gasteiger partial charge is 0.460 e. The molecule has 1 N–H and O–H groups in total. The second-order valence-electron chi connectivity index (χ2n) is 7.24. The van der Waals surface area contributed by atoms with E-state index in [4.69, 9.17) is 9.15 Å². The highest BCUT2D eigenvalue weighted by atomic mass is 19.1. The van der Waals surface area contributed by atoms with E-state index in [9.17, 15) is 4.39 Å². The number of allylic oxidation sites excluding steroid dienone is 1. The van der Waals surface area contributed by atoms with Gasteiger partial charge in [0.2, 0.25) is 0 Å². The second-order valence-corrected chi connectivity index (χ2v) is 7.24. The molecule has 0 radical (unpaired) electrons. The van der Waals surface area contributed by atoms with Gasteiger partial charge in [0.1, 0.15) is 29.3 Å². The Labute approximate surface area is 171 Å². The van der Waals surface area contributed by atoms with E-state index >= 15 is 0 Å². The molecule has 0 atom stereocenters. The zero-order chi connectivity index (χ0) is 20.8. The summed E-state index contributed by atoms with van der Waals surface area (Å²) < 4.78 is 25.3. The number of benzene rings is 1. The van der Waals surface area contributed by atoms with E-state index in [1.54, 1.807) is 13.0 Å². The van der Waals surface area contributed by atoms with Crippen molar-refractivity contribution in [2.45, 2.75) is 26.8 Å². The minimum atomic E-state index is -0.490. The molecule has 5 rings (SSSR count). The summed E-state index contributed by atoms with van der Waals surface area (Å²) in [5.74, 6) is 2.38. The molecule has 4 heterocycles. The molecule has 152 valence electrons. The summed E-state index contributed by atoms with van der Waals surface area (Å²) in [6.45, 7) is 8.57.